The van der Waals surface area contributed by atoms with Crippen molar-refractivity contribution < 1.29 is 0 Å². The topological polar surface area (TPSA) is 51.6 Å². The molecule has 6 aromatic rings. The van der Waals surface area contributed by atoms with Gasteiger partial charge in [0.1, 0.15) is 6.33 Å². The predicted molar refractivity (Wildman–Crippen MR) is 277 cm³/mol. The molecule has 0 spiro atoms. The summed E-state index contributed by atoms with van der Waals surface area (Å²) in [5.74, 6) is 0. The molecule has 2 aromatic carbocycles. The molecule has 7 rings (SSSR count). The minimum Gasteiger partial charge on any atom is -0.265 e. The average molecular weight is 837 g/mol. The molecule has 4 aromatic heterocycles. The van der Waals surface area contributed by atoms with E-state index in [0.29, 0.717) is 0 Å². The Morgan fingerprint density at radius 1 is 0.414 bits per heavy atom. The zero-order chi connectivity index (χ0) is 46.8. The van der Waals surface area contributed by atoms with Crippen LogP contribution < -0.4 is 0 Å². The SMILES string of the molecule is C1=Cc2ccccc2C1.CC.CC.CC.CC.CC.CC.CC.CC.CC.CC.Cc1cncs1.c1ccccc1.c1ccncc1.c1ccsc1.c1cncnc1. The highest BCUT2D eigenvalue weighted by molar-refractivity contribution is 7.09. The third-order valence-electron chi connectivity index (χ3n) is 4.38. The molecule has 58 heavy (non-hydrogen) atoms. The lowest BCUT2D eigenvalue weighted by atomic mass is 10.1. The lowest BCUT2D eigenvalue weighted by molar-refractivity contribution is 1.17. The van der Waals surface area contributed by atoms with Crippen molar-refractivity contribution in [2.24, 2.45) is 0 Å². The molecule has 0 saturated carbocycles. The number of pyridine rings is 1. The van der Waals surface area contributed by atoms with Crippen molar-refractivity contribution in [3.63, 3.8) is 0 Å². The van der Waals surface area contributed by atoms with Crippen LogP contribution in [0.25, 0.3) is 6.08 Å². The Bertz CT molecular complexity index is 1110. The smallest absolute Gasteiger partial charge is 0.115 e. The van der Waals surface area contributed by atoms with Gasteiger partial charge in [0, 0.05) is 35.9 Å². The monoisotopic (exact) mass is 837 g/mol. The summed E-state index contributed by atoms with van der Waals surface area (Å²) < 4.78 is 0. The van der Waals surface area contributed by atoms with Gasteiger partial charge in [-0.2, -0.15) is 11.3 Å². The molecule has 4 nitrogen and oxygen atoms in total. The van der Waals surface area contributed by atoms with Gasteiger partial charge in [0.2, 0.25) is 0 Å². The number of thiophene rings is 1. The van der Waals surface area contributed by atoms with Gasteiger partial charge in [-0.1, -0.05) is 229 Å². The number of fused-ring (bicyclic) bond motifs is 1. The molecule has 0 unspecified atom stereocenters. The molecule has 0 atom stereocenters. The van der Waals surface area contributed by atoms with Gasteiger partial charge in [-0.3, -0.25) is 9.97 Å². The molecule has 6 heteroatoms. The van der Waals surface area contributed by atoms with E-state index in [1.54, 1.807) is 53.5 Å². The minimum atomic E-state index is 1.12. The maximum atomic E-state index is 3.84. The first kappa shape index (κ1) is 74.7. The summed E-state index contributed by atoms with van der Waals surface area (Å²) in [6, 6.07) is 32.0. The van der Waals surface area contributed by atoms with Crippen molar-refractivity contribution in [3.05, 3.63) is 173 Å². The van der Waals surface area contributed by atoms with Gasteiger partial charge in [0.15, 0.2) is 0 Å². The van der Waals surface area contributed by atoms with E-state index in [1.165, 1.54) is 22.3 Å². The second-order valence-corrected chi connectivity index (χ2v) is 9.20. The number of allylic oxidation sites excluding steroid dienone is 1. The Kier molecular flexibility index (Phi) is 121. The van der Waals surface area contributed by atoms with Gasteiger partial charge in [0.25, 0.3) is 0 Å². The summed E-state index contributed by atoms with van der Waals surface area (Å²) in [5.41, 5.74) is 4.67. The standard InChI is InChI=1S/C9H8.C6H6.C5H5N.C4H4N2.C4H5NS.C4H4S.10C2H6/c1-2-5-9-7-3-6-8(9)4-1;2*1-2-4-6-5-3-1;1-2-5-4-6-3-1;1-4-2-5-3-6-4;1-2-4-5-3-1;10*1-2/h1-6H,7H2;1-6H;1-5H;1-4H;2-3H,1H3;1-4H;10*1-2H3. The molecule has 0 fully saturated rings. The Morgan fingerprint density at radius 3 is 1.03 bits per heavy atom. The van der Waals surface area contributed by atoms with E-state index in [1.807, 2.05) is 235 Å². The first-order valence-electron chi connectivity index (χ1n) is 22.0. The number of benzene rings is 2. The van der Waals surface area contributed by atoms with Crippen molar-refractivity contribution in [2.45, 2.75) is 152 Å². The van der Waals surface area contributed by atoms with Crippen LogP contribution in [0.15, 0.2) is 157 Å². The highest BCUT2D eigenvalue weighted by atomic mass is 32.1. The third-order valence-corrected chi connectivity index (χ3v) is 5.72. The third kappa shape index (κ3) is 72.9. The van der Waals surface area contributed by atoms with Gasteiger partial charge >= 0.3 is 0 Å². The highest BCUT2D eigenvalue weighted by Crippen LogP contribution is 2.17. The normalized spacial score (nSPS) is 7.26. The van der Waals surface area contributed by atoms with Crippen LogP contribution in [0.3, 0.4) is 0 Å². The molecule has 0 saturated heterocycles. The van der Waals surface area contributed by atoms with Gasteiger partial charge in [-0.05, 0) is 53.4 Å². The van der Waals surface area contributed by atoms with Crippen molar-refractivity contribution >= 4 is 28.7 Å². The second-order valence-electron chi connectivity index (χ2n) is 7.29. The molecule has 0 bridgehead atoms. The Balaban J connectivity index is -0.0000000657. The molecule has 0 amide bonds. The number of aryl methyl sites for hydroxylation is 1. The van der Waals surface area contributed by atoms with E-state index < -0.39 is 0 Å². The Hall–Kier alpha value is -4.26. The van der Waals surface area contributed by atoms with Gasteiger partial charge < -0.3 is 0 Å². The van der Waals surface area contributed by atoms with Crippen LogP contribution in [0, 0.1) is 6.92 Å². The number of nitrogens with zero attached hydrogens (tertiary/aromatic N) is 4. The second kappa shape index (κ2) is 94.1. The fourth-order valence-electron chi connectivity index (χ4n) is 2.65. The van der Waals surface area contributed by atoms with E-state index in [9.17, 15) is 0 Å². The maximum Gasteiger partial charge on any atom is 0.115 e. The first-order valence-corrected chi connectivity index (χ1v) is 23.8. The fourth-order valence-corrected chi connectivity index (χ4v) is 3.52. The van der Waals surface area contributed by atoms with E-state index in [2.05, 4.69) is 56.4 Å². The molecule has 4 heterocycles. The zero-order valence-electron chi connectivity index (χ0n) is 41.4. The van der Waals surface area contributed by atoms with Crippen molar-refractivity contribution in [1.82, 2.24) is 19.9 Å². The largest absolute Gasteiger partial charge is 0.265 e. The first-order chi connectivity index (χ1) is 28.9. The molecule has 0 aliphatic heterocycles. The molecule has 0 N–H and O–H groups in total. The fraction of sp³-hybridized carbons (Fsp3) is 0.423. The highest BCUT2D eigenvalue weighted by Gasteiger charge is 2.00. The number of hydrogen-bond acceptors (Lipinski definition) is 6. The number of hydrogen-bond donors (Lipinski definition) is 0. The van der Waals surface area contributed by atoms with Crippen LogP contribution in [0.5, 0.6) is 0 Å². The van der Waals surface area contributed by atoms with Gasteiger partial charge in [-0.15, -0.1) is 11.3 Å². The van der Waals surface area contributed by atoms with Crippen molar-refractivity contribution in [2.75, 3.05) is 0 Å². The summed E-state index contributed by atoms with van der Waals surface area (Å²) in [7, 11) is 0. The predicted octanol–water partition coefficient (Wildman–Crippen LogP) is 19.0. The summed E-state index contributed by atoms with van der Waals surface area (Å²) in [6.45, 7) is 42.0. The lowest BCUT2D eigenvalue weighted by Crippen LogP contribution is -1.76. The number of aromatic nitrogens is 4. The maximum absolute atomic E-state index is 3.84. The molecular formula is C52H92N4S2. The molecule has 1 aliphatic carbocycles. The summed E-state index contributed by atoms with van der Waals surface area (Å²) >= 11 is 3.38. The Morgan fingerprint density at radius 2 is 0.810 bits per heavy atom. The van der Waals surface area contributed by atoms with Crippen LogP contribution in [0.2, 0.25) is 0 Å². The van der Waals surface area contributed by atoms with Crippen LogP contribution in [-0.2, 0) is 6.42 Å². The van der Waals surface area contributed by atoms with Gasteiger partial charge in [0.05, 0.1) is 5.51 Å². The van der Waals surface area contributed by atoms with Crippen molar-refractivity contribution in [1.29, 1.82) is 0 Å². The summed E-state index contributed by atoms with van der Waals surface area (Å²) in [6.07, 6.45) is 15.7. The van der Waals surface area contributed by atoms with E-state index in [-0.39, 0.29) is 0 Å². The van der Waals surface area contributed by atoms with E-state index >= 15 is 0 Å². The molecular weight excluding hydrogens is 745 g/mol. The lowest BCUT2D eigenvalue weighted by Gasteiger charge is -1.93. The summed E-state index contributed by atoms with van der Waals surface area (Å²) in [5, 5.41) is 4.08. The van der Waals surface area contributed by atoms with E-state index in [0.717, 1.165) is 6.42 Å². The average Bonchev–Trinajstić information content (AvgIpc) is 4.22. The quantitative estimate of drug-likeness (QED) is 0.153. The molecule has 1 aliphatic rings. The van der Waals surface area contributed by atoms with Crippen molar-refractivity contribution in [3.8, 4) is 0 Å². The Labute approximate surface area is 371 Å². The van der Waals surface area contributed by atoms with Crippen LogP contribution in [0.4, 0.5) is 0 Å². The summed E-state index contributed by atoms with van der Waals surface area (Å²) in [4.78, 5) is 16.2. The van der Waals surface area contributed by atoms with Crippen LogP contribution in [0.1, 0.15) is 154 Å². The van der Waals surface area contributed by atoms with Gasteiger partial charge in [-0.25, -0.2) is 9.97 Å². The number of thiazole rings is 1. The van der Waals surface area contributed by atoms with E-state index in [4.69, 9.17) is 0 Å². The minimum absolute atomic E-state index is 1.12. The molecule has 0 radical (unpaired) electrons. The number of rotatable bonds is 0. The van der Waals surface area contributed by atoms with Crippen LogP contribution in [-0.4, -0.2) is 19.9 Å². The van der Waals surface area contributed by atoms with Crippen LogP contribution >= 0.6 is 22.7 Å². The zero-order valence-corrected chi connectivity index (χ0v) is 43.0. The molecule has 332 valence electrons.